The molecule has 2 aliphatic heterocycles. The van der Waals surface area contributed by atoms with E-state index < -0.39 is 9.84 Å². The summed E-state index contributed by atoms with van der Waals surface area (Å²) < 4.78 is 31.4. The maximum atomic E-state index is 11.4. The zero-order valence-corrected chi connectivity index (χ0v) is 19.4. The van der Waals surface area contributed by atoms with Gasteiger partial charge in [0.15, 0.2) is 0 Å². The molecule has 10 heteroatoms. The number of likely N-dealkylation sites (tertiary alicyclic amines) is 1. The number of aryl methyl sites for hydroxylation is 1. The van der Waals surface area contributed by atoms with Crippen molar-refractivity contribution in [3.05, 3.63) is 38.8 Å². The van der Waals surface area contributed by atoms with Gasteiger partial charge < -0.3 is 4.74 Å². The third-order valence-corrected chi connectivity index (χ3v) is 8.41. The van der Waals surface area contributed by atoms with Gasteiger partial charge in [-0.1, -0.05) is 11.6 Å². The monoisotopic (exact) mass is 468 g/mol. The van der Waals surface area contributed by atoms with Gasteiger partial charge in [0.2, 0.25) is 0 Å². The first-order valence-electron chi connectivity index (χ1n) is 9.95. The Balaban J connectivity index is 1.44. The summed E-state index contributed by atoms with van der Waals surface area (Å²) in [5, 5.41) is 13.8. The van der Waals surface area contributed by atoms with Crippen LogP contribution in [0.15, 0.2) is 18.5 Å². The molecule has 2 aromatic rings. The van der Waals surface area contributed by atoms with Gasteiger partial charge in [0.1, 0.15) is 15.4 Å². The van der Waals surface area contributed by atoms with E-state index in [0.29, 0.717) is 17.5 Å². The number of ether oxygens (including phenoxy) is 1. The van der Waals surface area contributed by atoms with E-state index in [1.165, 1.54) is 6.26 Å². The summed E-state index contributed by atoms with van der Waals surface area (Å²) in [6.07, 6.45) is 6.67. The average molecular weight is 469 g/mol. The minimum Gasteiger partial charge on any atom is -0.368 e. The predicted octanol–water partition coefficient (Wildman–Crippen LogP) is 3.16. The highest BCUT2D eigenvalue weighted by molar-refractivity contribution is 7.90. The number of nitriles is 1. The Hall–Kier alpha value is -1.44. The minimum atomic E-state index is -3.01. The highest BCUT2D eigenvalue weighted by atomic mass is 35.5. The zero-order chi connectivity index (χ0) is 21.5. The fraction of sp³-hybridized carbons (Fsp3) is 0.600. The van der Waals surface area contributed by atoms with E-state index in [4.69, 9.17) is 16.3 Å². The summed E-state index contributed by atoms with van der Waals surface area (Å²) in [6, 6.07) is 4.55. The van der Waals surface area contributed by atoms with Crippen LogP contribution in [0, 0.1) is 11.3 Å². The first-order valence-corrected chi connectivity index (χ1v) is 13.2. The van der Waals surface area contributed by atoms with Gasteiger partial charge in [-0.3, -0.25) is 9.58 Å². The number of hydrogen-bond donors (Lipinski definition) is 0. The predicted molar refractivity (Wildman–Crippen MR) is 116 cm³/mol. The average Bonchev–Trinajstić information content (AvgIpc) is 3.29. The number of rotatable bonds is 5. The lowest BCUT2D eigenvalue weighted by molar-refractivity contribution is -0.113. The fourth-order valence-electron chi connectivity index (χ4n) is 4.42. The fourth-order valence-corrected chi connectivity index (χ4v) is 6.42. The quantitative estimate of drug-likeness (QED) is 0.669. The van der Waals surface area contributed by atoms with Crippen LogP contribution in [-0.2, 0) is 33.3 Å². The van der Waals surface area contributed by atoms with Crippen molar-refractivity contribution in [1.82, 2.24) is 14.7 Å². The summed E-state index contributed by atoms with van der Waals surface area (Å²) in [5.41, 5.74) is 1.74. The summed E-state index contributed by atoms with van der Waals surface area (Å²) in [6.45, 7) is 4.60. The summed E-state index contributed by atoms with van der Waals surface area (Å²) >= 11 is 7.84. The van der Waals surface area contributed by atoms with Gasteiger partial charge in [-0.15, -0.1) is 11.3 Å². The van der Waals surface area contributed by atoms with Crippen molar-refractivity contribution in [2.45, 2.75) is 50.4 Å². The Morgan fingerprint density at radius 3 is 3.00 bits per heavy atom. The third kappa shape index (κ3) is 4.43. The van der Waals surface area contributed by atoms with Crippen LogP contribution in [0.1, 0.15) is 41.7 Å². The van der Waals surface area contributed by atoms with Crippen LogP contribution in [0.25, 0.3) is 0 Å². The maximum absolute atomic E-state index is 11.4. The Kier molecular flexibility index (Phi) is 5.99. The second-order valence-corrected chi connectivity index (χ2v) is 12.3. The standard InChI is InChI=1S/C20H25ClN4O3S2/c1-14-8-20(19-17(7-18(21)29-19)16(9-22)13-28-20)3-4-24(14)11-15-10-23-25(12-15)5-6-30(2,26)27/h7,10,12,14,16H,3-6,8,11,13H2,1-2H3/t14-,16?,20?/m0/s1. The molecule has 2 unspecified atom stereocenters. The van der Waals surface area contributed by atoms with E-state index in [-0.39, 0.29) is 23.3 Å². The molecule has 3 atom stereocenters. The molecule has 0 aliphatic carbocycles. The number of fused-ring (bicyclic) bond motifs is 2. The van der Waals surface area contributed by atoms with Crippen molar-refractivity contribution < 1.29 is 13.2 Å². The van der Waals surface area contributed by atoms with Gasteiger partial charge >= 0.3 is 0 Å². The van der Waals surface area contributed by atoms with Crippen LogP contribution in [0.2, 0.25) is 4.34 Å². The molecule has 7 nitrogen and oxygen atoms in total. The second-order valence-electron chi connectivity index (χ2n) is 8.34. The molecule has 1 spiro atoms. The van der Waals surface area contributed by atoms with Crippen molar-refractivity contribution in [3.63, 3.8) is 0 Å². The Morgan fingerprint density at radius 1 is 1.50 bits per heavy atom. The van der Waals surface area contributed by atoms with E-state index in [9.17, 15) is 13.7 Å². The summed E-state index contributed by atoms with van der Waals surface area (Å²) in [4.78, 5) is 3.52. The number of hydrogen-bond acceptors (Lipinski definition) is 7. The van der Waals surface area contributed by atoms with Crippen LogP contribution < -0.4 is 0 Å². The molecule has 0 bridgehead atoms. The molecule has 0 N–H and O–H groups in total. The van der Waals surface area contributed by atoms with Gasteiger partial charge in [-0.05, 0) is 31.4 Å². The molecule has 2 aliphatic rings. The van der Waals surface area contributed by atoms with Gasteiger partial charge in [-0.2, -0.15) is 10.4 Å². The van der Waals surface area contributed by atoms with Gasteiger partial charge in [0.25, 0.3) is 0 Å². The number of nitrogens with zero attached hydrogens (tertiary/aromatic N) is 4. The molecule has 4 rings (SSSR count). The van der Waals surface area contributed by atoms with Crippen LogP contribution in [-0.4, -0.2) is 54.3 Å². The Labute approximate surface area is 186 Å². The normalized spacial score (nSPS) is 27.1. The van der Waals surface area contributed by atoms with E-state index in [0.717, 1.165) is 41.9 Å². The van der Waals surface area contributed by atoms with Crippen molar-refractivity contribution in [1.29, 1.82) is 5.26 Å². The van der Waals surface area contributed by atoms with E-state index in [1.807, 2.05) is 18.5 Å². The Morgan fingerprint density at radius 2 is 2.30 bits per heavy atom. The van der Waals surface area contributed by atoms with Crippen LogP contribution >= 0.6 is 22.9 Å². The summed E-state index contributed by atoms with van der Waals surface area (Å²) in [5.74, 6) is -0.163. The number of thiophene rings is 1. The highest BCUT2D eigenvalue weighted by Gasteiger charge is 2.47. The van der Waals surface area contributed by atoms with Crippen LogP contribution in [0.5, 0.6) is 0 Å². The lowest BCUT2D eigenvalue weighted by atomic mass is 9.80. The molecule has 1 saturated heterocycles. The number of piperidine rings is 1. The first-order chi connectivity index (χ1) is 14.2. The molecular weight excluding hydrogens is 444 g/mol. The summed E-state index contributed by atoms with van der Waals surface area (Å²) in [7, 11) is -3.01. The van der Waals surface area contributed by atoms with E-state index in [2.05, 4.69) is 23.0 Å². The number of sulfone groups is 1. The first kappa shape index (κ1) is 21.8. The van der Waals surface area contributed by atoms with Crippen molar-refractivity contribution in [3.8, 4) is 6.07 Å². The van der Waals surface area contributed by atoms with Crippen molar-refractivity contribution in [2.75, 3.05) is 25.2 Å². The largest absolute Gasteiger partial charge is 0.368 e. The van der Waals surface area contributed by atoms with Gasteiger partial charge in [0.05, 0.1) is 41.4 Å². The molecule has 30 heavy (non-hydrogen) atoms. The zero-order valence-electron chi connectivity index (χ0n) is 17.0. The Bertz CT molecular complexity index is 1070. The smallest absolute Gasteiger partial charge is 0.149 e. The molecule has 2 aromatic heterocycles. The molecule has 4 heterocycles. The molecular formula is C20H25ClN4O3S2. The topological polar surface area (TPSA) is 88.2 Å². The van der Waals surface area contributed by atoms with Crippen molar-refractivity contribution in [2.24, 2.45) is 0 Å². The SMILES string of the molecule is C[C@H]1CC2(CCN1Cc1cnn(CCS(C)(=O)=O)c1)OCC(C#N)c1cc(Cl)sc12. The molecule has 0 aromatic carbocycles. The van der Waals surface area contributed by atoms with Gasteiger partial charge in [-0.25, -0.2) is 8.42 Å². The van der Waals surface area contributed by atoms with E-state index >= 15 is 0 Å². The lowest BCUT2D eigenvalue weighted by Gasteiger charge is -2.47. The number of halogens is 1. The molecule has 162 valence electrons. The number of aromatic nitrogens is 2. The molecule has 0 saturated carbocycles. The van der Waals surface area contributed by atoms with E-state index in [1.54, 1.807) is 16.0 Å². The van der Waals surface area contributed by atoms with Crippen molar-refractivity contribution >= 4 is 32.8 Å². The molecule has 0 amide bonds. The van der Waals surface area contributed by atoms with Crippen LogP contribution in [0.3, 0.4) is 0 Å². The molecule has 0 radical (unpaired) electrons. The van der Waals surface area contributed by atoms with Crippen LogP contribution in [0.4, 0.5) is 0 Å². The lowest BCUT2D eigenvalue weighted by Crippen LogP contribution is -2.50. The van der Waals surface area contributed by atoms with Gasteiger partial charge in [0, 0.05) is 42.0 Å². The maximum Gasteiger partial charge on any atom is 0.149 e. The minimum absolute atomic E-state index is 0.0868. The highest BCUT2D eigenvalue weighted by Crippen LogP contribution is 2.50. The third-order valence-electron chi connectivity index (χ3n) is 6.02. The second kappa shape index (κ2) is 8.24. The molecule has 1 fully saturated rings.